The van der Waals surface area contributed by atoms with Crippen molar-refractivity contribution < 1.29 is 18.9 Å². The zero-order chi connectivity index (χ0) is 21.8. The Balaban J connectivity index is 1.46. The Bertz CT molecular complexity index is 1170. The molecule has 1 saturated heterocycles. The second kappa shape index (κ2) is 9.01. The number of nitro benzene ring substituents is 1. The Hall–Kier alpha value is -3.65. The summed E-state index contributed by atoms with van der Waals surface area (Å²) in [5.41, 5.74) is 1.44. The smallest absolute Gasteiger partial charge is 0.293 e. The van der Waals surface area contributed by atoms with Crippen molar-refractivity contribution in [1.82, 2.24) is 4.90 Å². The first kappa shape index (κ1) is 20.6. The van der Waals surface area contributed by atoms with Crippen molar-refractivity contribution in [3.8, 4) is 11.3 Å². The van der Waals surface area contributed by atoms with Crippen LogP contribution in [0.3, 0.4) is 0 Å². The molecule has 1 aliphatic rings. The van der Waals surface area contributed by atoms with Crippen molar-refractivity contribution in [3.63, 3.8) is 0 Å². The number of furan rings is 1. The van der Waals surface area contributed by atoms with Gasteiger partial charge in [0.25, 0.3) is 16.8 Å². The van der Waals surface area contributed by atoms with Gasteiger partial charge in [0.1, 0.15) is 11.5 Å². The molecule has 0 bridgehead atoms. The molecule has 3 aromatic rings. The molecule has 7 nitrogen and oxygen atoms in total. The number of imide groups is 1. The molecule has 2 aromatic carbocycles. The van der Waals surface area contributed by atoms with Gasteiger partial charge in [0.2, 0.25) is 0 Å². The number of para-hydroxylation sites is 1. The highest BCUT2D eigenvalue weighted by molar-refractivity contribution is 8.18. The lowest BCUT2D eigenvalue weighted by Crippen LogP contribution is -2.29. The maximum absolute atomic E-state index is 12.7. The molecule has 0 radical (unpaired) electrons. The minimum Gasteiger partial charge on any atom is -0.456 e. The Labute approximate surface area is 182 Å². The lowest BCUT2D eigenvalue weighted by atomic mass is 10.1. The molecule has 1 fully saturated rings. The summed E-state index contributed by atoms with van der Waals surface area (Å²) < 4.78 is 5.70. The number of benzene rings is 2. The molecule has 8 heteroatoms. The van der Waals surface area contributed by atoms with Crippen LogP contribution in [0.25, 0.3) is 17.4 Å². The van der Waals surface area contributed by atoms with E-state index in [9.17, 15) is 19.7 Å². The maximum atomic E-state index is 12.7. The normalized spacial score (nSPS) is 15.1. The van der Waals surface area contributed by atoms with Gasteiger partial charge in [-0.1, -0.05) is 42.5 Å². The van der Waals surface area contributed by atoms with E-state index >= 15 is 0 Å². The SMILES string of the molecule is O=C1S/C(=C\c2ccc(-c3ccccc3[N+](=O)[O-])o2)C(=O)N1CCCc1ccccc1. The third kappa shape index (κ3) is 4.59. The summed E-state index contributed by atoms with van der Waals surface area (Å²) in [4.78, 5) is 37.2. The molecule has 0 aliphatic carbocycles. The minimum atomic E-state index is -0.474. The van der Waals surface area contributed by atoms with Gasteiger partial charge in [-0.25, -0.2) is 0 Å². The molecule has 0 spiro atoms. The number of hydrogen-bond acceptors (Lipinski definition) is 6. The zero-order valence-electron chi connectivity index (χ0n) is 16.4. The summed E-state index contributed by atoms with van der Waals surface area (Å²) in [6, 6.07) is 19.4. The fraction of sp³-hybridized carbons (Fsp3) is 0.130. The summed E-state index contributed by atoms with van der Waals surface area (Å²) in [6.45, 7) is 0.344. The summed E-state index contributed by atoms with van der Waals surface area (Å²) in [5.74, 6) is 0.315. The monoisotopic (exact) mass is 434 g/mol. The summed E-state index contributed by atoms with van der Waals surface area (Å²) in [7, 11) is 0. The number of amides is 2. The van der Waals surface area contributed by atoms with E-state index in [-0.39, 0.29) is 21.7 Å². The van der Waals surface area contributed by atoms with Crippen LogP contribution in [0.5, 0.6) is 0 Å². The van der Waals surface area contributed by atoms with E-state index in [0.29, 0.717) is 30.0 Å². The molecule has 2 heterocycles. The third-order valence-corrected chi connectivity index (χ3v) is 5.74. The number of nitrogens with zero attached hydrogens (tertiary/aromatic N) is 2. The van der Waals surface area contributed by atoms with Crippen molar-refractivity contribution in [2.24, 2.45) is 0 Å². The summed E-state index contributed by atoms with van der Waals surface area (Å²) in [5, 5.41) is 10.9. The van der Waals surface area contributed by atoms with Crippen LogP contribution < -0.4 is 0 Å². The fourth-order valence-corrected chi connectivity index (χ4v) is 4.17. The van der Waals surface area contributed by atoms with Gasteiger partial charge in [-0.15, -0.1) is 0 Å². The van der Waals surface area contributed by atoms with Gasteiger partial charge in [0.15, 0.2) is 0 Å². The van der Waals surface area contributed by atoms with Crippen LogP contribution in [0.1, 0.15) is 17.7 Å². The van der Waals surface area contributed by atoms with Crippen LogP contribution in [0.15, 0.2) is 76.1 Å². The Morgan fingerprint density at radius 2 is 1.74 bits per heavy atom. The Morgan fingerprint density at radius 3 is 2.52 bits per heavy atom. The highest BCUT2D eigenvalue weighted by Gasteiger charge is 2.34. The first-order valence-electron chi connectivity index (χ1n) is 9.66. The fourth-order valence-electron chi connectivity index (χ4n) is 3.32. The first-order valence-corrected chi connectivity index (χ1v) is 10.5. The van der Waals surface area contributed by atoms with E-state index in [2.05, 4.69) is 0 Å². The average molecular weight is 434 g/mol. The van der Waals surface area contributed by atoms with Crippen molar-refractivity contribution in [3.05, 3.63) is 93.1 Å². The van der Waals surface area contributed by atoms with Crippen molar-refractivity contribution in [2.75, 3.05) is 6.54 Å². The highest BCUT2D eigenvalue weighted by atomic mass is 32.2. The molecule has 31 heavy (non-hydrogen) atoms. The summed E-state index contributed by atoms with van der Waals surface area (Å²) >= 11 is 0.866. The molecule has 0 saturated carbocycles. The third-order valence-electron chi connectivity index (χ3n) is 4.83. The molecule has 0 N–H and O–H groups in total. The second-order valence-corrected chi connectivity index (χ2v) is 7.89. The van der Waals surface area contributed by atoms with Crippen LogP contribution in [-0.2, 0) is 11.2 Å². The number of carbonyl (C=O) groups is 2. The number of nitro groups is 1. The minimum absolute atomic E-state index is 0.0675. The molecule has 0 atom stereocenters. The lowest BCUT2D eigenvalue weighted by Gasteiger charge is -2.11. The van der Waals surface area contributed by atoms with Gasteiger partial charge in [-0.2, -0.15) is 0 Å². The molecule has 1 aliphatic heterocycles. The number of carbonyl (C=O) groups excluding carboxylic acids is 2. The molecule has 2 amide bonds. The largest absolute Gasteiger partial charge is 0.456 e. The van der Waals surface area contributed by atoms with E-state index in [0.717, 1.165) is 23.7 Å². The molecule has 156 valence electrons. The standard InChI is InChI=1S/C23H18N2O5S/c26-22-21(31-23(27)24(22)14-6-9-16-7-2-1-3-8-16)15-17-12-13-20(30-17)18-10-4-5-11-19(18)25(28)29/h1-5,7-8,10-13,15H,6,9,14H2/b21-15-. The van der Waals surface area contributed by atoms with Crippen LogP contribution in [-0.4, -0.2) is 27.5 Å². The van der Waals surface area contributed by atoms with Gasteiger partial charge in [-0.3, -0.25) is 24.6 Å². The number of thioether (sulfide) groups is 1. The Morgan fingerprint density at radius 1 is 1.00 bits per heavy atom. The van der Waals surface area contributed by atoms with Crippen LogP contribution in [0.4, 0.5) is 10.5 Å². The predicted octanol–water partition coefficient (Wildman–Crippen LogP) is 5.52. The van der Waals surface area contributed by atoms with E-state index in [1.54, 1.807) is 30.3 Å². The number of rotatable bonds is 7. The van der Waals surface area contributed by atoms with Crippen molar-refractivity contribution in [2.45, 2.75) is 12.8 Å². The van der Waals surface area contributed by atoms with Crippen LogP contribution in [0.2, 0.25) is 0 Å². The van der Waals surface area contributed by atoms with Crippen LogP contribution in [0, 0.1) is 10.1 Å². The van der Waals surface area contributed by atoms with Crippen molar-refractivity contribution >= 4 is 34.7 Å². The molecule has 4 rings (SSSR count). The molecular weight excluding hydrogens is 416 g/mol. The maximum Gasteiger partial charge on any atom is 0.293 e. The summed E-state index contributed by atoms with van der Waals surface area (Å²) in [6.07, 6.45) is 2.96. The molecule has 0 unspecified atom stereocenters. The lowest BCUT2D eigenvalue weighted by molar-refractivity contribution is -0.384. The molecule has 1 aromatic heterocycles. The van der Waals surface area contributed by atoms with E-state index < -0.39 is 4.92 Å². The van der Waals surface area contributed by atoms with Gasteiger partial charge < -0.3 is 4.42 Å². The van der Waals surface area contributed by atoms with Gasteiger partial charge >= 0.3 is 0 Å². The van der Waals surface area contributed by atoms with Gasteiger partial charge in [0.05, 0.1) is 15.4 Å². The van der Waals surface area contributed by atoms with Gasteiger partial charge in [-0.05, 0) is 48.4 Å². The second-order valence-electron chi connectivity index (χ2n) is 6.90. The predicted molar refractivity (Wildman–Crippen MR) is 118 cm³/mol. The number of aryl methyl sites for hydroxylation is 1. The molecular formula is C23H18N2O5S. The van der Waals surface area contributed by atoms with Crippen molar-refractivity contribution in [1.29, 1.82) is 0 Å². The van der Waals surface area contributed by atoms with E-state index in [4.69, 9.17) is 4.42 Å². The van der Waals surface area contributed by atoms with E-state index in [1.165, 1.54) is 17.0 Å². The highest BCUT2D eigenvalue weighted by Crippen LogP contribution is 2.35. The van der Waals surface area contributed by atoms with Crippen LogP contribution >= 0.6 is 11.8 Å². The first-order chi connectivity index (χ1) is 15.0. The topological polar surface area (TPSA) is 93.7 Å². The van der Waals surface area contributed by atoms with E-state index in [1.807, 2.05) is 30.3 Å². The zero-order valence-corrected chi connectivity index (χ0v) is 17.2. The number of hydrogen-bond donors (Lipinski definition) is 0. The Kier molecular flexibility index (Phi) is 5.99. The average Bonchev–Trinajstić information content (AvgIpc) is 3.34. The quantitative estimate of drug-likeness (QED) is 0.276. The van der Waals surface area contributed by atoms with Gasteiger partial charge in [0, 0.05) is 18.7 Å².